The molecule has 5 heteroatoms. The maximum absolute atomic E-state index is 4.11. The number of hydrogen-bond acceptors (Lipinski definition) is 4. The summed E-state index contributed by atoms with van der Waals surface area (Å²) in [5, 5.41) is 11.3. The molecule has 2 aromatic rings. The summed E-state index contributed by atoms with van der Waals surface area (Å²) in [4.78, 5) is 2.22. The summed E-state index contributed by atoms with van der Waals surface area (Å²) >= 11 is 0. The fourth-order valence-electron chi connectivity index (χ4n) is 1.89. The van der Waals surface area contributed by atoms with Crippen LogP contribution in [0.4, 0.5) is 5.69 Å². The second-order valence-electron chi connectivity index (χ2n) is 4.76. The zero-order chi connectivity index (χ0) is 13.7. The van der Waals surface area contributed by atoms with Crippen LogP contribution in [0.2, 0.25) is 0 Å². The van der Waals surface area contributed by atoms with E-state index in [0.717, 1.165) is 25.3 Å². The Balaban J connectivity index is 1.88. The quantitative estimate of drug-likeness (QED) is 0.853. The van der Waals surface area contributed by atoms with Crippen LogP contribution in [0.25, 0.3) is 0 Å². The lowest BCUT2D eigenvalue weighted by atomic mass is 10.2. The first-order valence-electron chi connectivity index (χ1n) is 6.50. The molecule has 0 amide bonds. The molecule has 0 fully saturated rings. The number of benzene rings is 1. The van der Waals surface area contributed by atoms with E-state index < -0.39 is 0 Å². The van der Waals surface area contributed by atoms with Crippen molar-refractivity contribution in [2.45, 2.75) is 20.0 Å². The van der Waals surface area contributed by atoms with Crippen LogP contribution in [-0.4, -0.2) is 35.6 Å². The van der Waals surface area contributed by atoms with Crippen molar-refractivity contribution in [3.05, 3.63) is 41.7 Å². The molecule has 0 saturated heterocycles. The van der Waals surface area contributed by atoms with Crippen molar-refractivity contribution in [1.29, 1.82) is 0 Å². The van der Waals surface area contributed by atoms with E-state index in [9.17, 15) is 0 Å². The first-order valence-corrected chi connectivity index (χ1v) is 6.50. The van der Waals surface area contributed by atoms with Crippen molar-refractivity contribution < 1.29 is 0 Å². The average Bonchev–Trinajstić information content (AvgIpc) is 2.85. The summed E-state index contributed by atoms with van der Waals surface area (Å²) in [6, 6.07) is 8.55. The lowest BCUT2D eigenvalue weighted by Gasteiger charge is -2.19. The van der Waals surface area contributed by atoms with Gasteiger partial charge in [0.15, 0.2) is 0 Å². The van der Waals surface area contributed by atoms with Crippen molar-refractivity contribution in [2.24, 2.45) is 0 Å². The molecule has 0 bridgehead atoms. The molecule has 0 unspecified atom stereocenters. The van der Waals surface area contributed by atoms with Crippen LogP contribution in [0, 0.1) is 6.92 Å². The Bertz CT molecular complexity index is 503. The molecule has 0 atom stereocenters. The maximum Gasteiger partial charge on any atom is 0.0964 e. The largest absolute Gasteiger partial charge is 0.373 e. The topological polar surface area (TPSA) is 46.0 Å². The monoisotopic (exact) mass is 259 g/mol. The van der Waals surface area contributed by atoms with Crippen molar-refractivity contribution in [2.75, 3.05) is 25.5 Å². The van der Waals surface area contributed by atoms with Crippen LogP contribution in [0.5, 0.6) is 0 Å². The molecule has 1 heterocycles. The smallest absolute Gasteiger partial charge is 0.0964 e. The van der Waals surface area contributed by atoms with Crippen LogP contribution in [0.3, 0.4) is 0 Å². The molecule has 19 heavy (non-hydrogen) atoms. The molecule has 102 valence electrons. The lowest BCUT2D eigenvalue weighted by Crippen LogP contribution is -2.22. The molecule has 0 saturated carbocycles. The van der Waals surface area contributed by atoms with Gasteiger partial charge in [-0.25, -0.2) is 0 Å². The molecule has 1 aromatic heterocycles. The van der Waals surface area contributed by atoms with Gasteiger partial charge in [0.1, 0.15) is 0 Å². The van der Waals surface area contributed by atoms with E-state index in [1.54, 1.807) is 0 Å². The predicted molar refractivity (Wildman–Crippen MR) is 77.2 cm³/mol. The Hall–Kier alpha value is -1.88. The fraction of sp³-hybridized carbons (Fsp3) is 0.429. The normalized spacial score (nSPS) is 10.7. The Morgan fingerprint density at radius 3 is 2.68 bits per heavy atom. The van der Waals surface area contributed by atoms with Crippen molar-refractivity contribution in [1.82, 2.24) is 20.3 Å². The summed E-state index contributed by atoms with van der Waals surface area (Å²) in [6.45, 7) is 4.60. The highest BCUT2D eigenvalue weighted by Gasteiger charge is 2.03. The van der Waals surface area contributed by atoms with Crippen LogP contribution < -0.4 is 10.2 Å². The minimum absolute atomic E-state index is 0.758. The van der Waals surface area contributed by atoms with Gasteiger partial charge in [0.05, 0.1) is 12.2 Å². The van der Waals surface area contributed by atoms with E-state index in [1.165, 1.54) is 11.3 Å². The molecule has 1 aromatic carbocycles. The zero-order valence-corrected chi connectivity index (χ0v) is 11.8. The molecule has 0 spiro atoms. The Kier molecular flexibility index (Phi) is 4.52. The Labute approximate surface area is 114 Å². The number of aromatic nitrogens is 3. The van der Waals surface area contributed by atoms with E-state index in [0.29, 0.717) is 0 Å². The molecule has 5 nitrogen and oxygen atoms in total. The Morgan fingerprint density at radius 2 is 2.00 bits per heavy atom. The zero-order valence-electron chi connectivity index (χ0n) is 11.8. The summed E-state index contributed by atoms with van der Waals surface area (Å²) in [5.41, 5.74) is 3.48. The Morgan fingerprint density at radius 1 is 1.26 bits per heavy atom. The van der Waals surface area contributed by atoms with Gasteiger partial charge in [0, 0.05) is 32.0 Å². The summed E-state index contributed by atoms with van der Waals surface area (Å²) < 4.78 is 1.89. The van der Waals surface area contributed by atoms with Gasteiger partial charge >= 0.3 is 0 Å². The summed E-state index contributed by atoms with van der Waals surface area (Å²) in [7, 11) is 4.00. The lowest BCUT2D eigenvalue weighted by molar-refractivity contribution is 0.587. The SMILES string of the molecule is CNCc1cn(CCN(C)c2ccc(C)cc2)nn1. The molecular formula is C14H21N5. The number of likely N-dealkylation sites (N-methyl/N-ethyl adjacent to an activating group) is 1. The third-order valence-corrected chi connectivity index (χ3v) is 3.08. The number of anilines is 1. The minimum Gasteiger partial charge on any atom is -0.373 e. The van der Waals surface area contributed by atoms with Gasteiger partial charge in [-0.2, -0.15) is 0 Å². The van der Waals surface area contributed by atoms with Crippen LogP contribution >= 0.6 is 0 Å². The van der Waals surface area contributed by atoms with Gasteiger partial charge in [-0.05, 0) is 26.1 Å². The van der Waals surface area contributed by atoms with Gasteiger partial charge < -0.3 is 10.2 Å². The van der Waals surface area contributed by atoms with E-state index in [4.69, 9.17) is 0 Å². The summed E-state index contributed by atoms with van der Waals surface area (Å²) in [5.74, 6) is 0. The predicted octanol–water partition coefficient (Wildman–Crippen LogP) is 1.44. The number of nitrogens with one attached hydrogen (secondary N) is 1. The molecule has 1 N–H and O–H groups in total. The van der Waals surface area contributed by atoms with Crippen molar-refractivity contribution in [3.8, 4) is 0 Å². The molecule has 0 aliphatic rings. The van der Waals surface area contributed by atoms with Crippen molar-refractivity contribution >= 4 is 5.69 Å². The molecule has 0 aliphatic heterocycles. The second kappa shape index (κ2) is 6.33. The first-order chi connectivity index (χ1) is 9.19. The molecule has 0 aliphatic carbocycles. The minimum atomic E-state index is 0.758. The van der Waals surface area contributed by atoms with Crippen molar-refractivity contribution in [3.63, 3.8) is 0 Å². The standard InChI is InChI=1S/C14H21N5/c1-12-4-6-14(7-5-12)18(3)8-9-19-11-13(10-15-2)16-17-19/h4-7,11,15H,8-10H2,1-3H3. The molecule has 0 radical (unpaired) electrons. The summed E-state index contributed by atoms with van der Waals surface area (Å²) in [6.07, 6.45) is 1.99. The first kappa shape index (κ1) is 13.5. The average molecular weight is 259 g/mol. The van der Waals surface area contributed by atoms with Gasteiger partial charge in [0.25, 0.3) is 0 Å². The third-order valence-electron chi connectivity index (χ3n) is 3.08. The third kappa shape index (κ3) is 3.79. The fourth-order valence-corrected chi connectivity index (χ4v) is 1.89. The van der Waals surface area contributed by atoms with Crippen LogP contribution in [-0.2, 0) is 13.1 Å². The van der Waals surface area contributed by atoms with Gasteiger partial charge in [-0.1, -0.05) is 22.9 Å². The molecule has 2 rings (SSSR count). The van der Waals surface area contributed by atoms with Gasteiger partial charge in [-0.15, -0.1) is 5.10 Å². The number of nitrogens with zero attached hydrogens (tertiary/aromatic N) is 4. The molecular weight excluding hydrogens is 238 g/mol. The van der Waals surface area contributed by atoms with Gasteiger partial charge in [0.2, 0.25) is 0 Å². The number of hydrogen-bond donors (Lipinski definition) is 1. The van der Waals surface area contributed by atoms with Crippen LogP contribution in [0.15, 0.2) is 30.5 Å². The highest BCUT2D eigenvalue weighted by atomic mass is 15.4. The van der Waals surface area contributed by atoms with E-state index in [-0.39, 0.29) is 0 Å². The number of rotatable bonds is 6. The highest BCUT2D eigenvalue weighted by molar-refractivity contribution is 5.46. The van der Waals surface area contributed by atoms with Crippen LogP contribution in [0.1, 0.15) is 11.3 Å². The maximum atomic E-state index is 4.11. The second-order valence-corrected chi connectivity index (χ2v) is 4.76. The number of aryl methyl sites for hydroxylation is 1. The highest BCUT2D eigenvalue weighted by Crippen LogP contribution is 2.13. The van der Waals surface area contributed by atoms with E-state index in [2.05, 4.69) is 58.8 Å². The van der Waals surface area contributed by atoms with Gasteiger partial charge in [-0.3, -0.25) is 4.68 Å². The van der Waals surface area contributed by atoms with E-state index >= 15 is 0 Å². The van der Waals surface area contributed by atoms with E-state index in [1.807, 2.05) is 17.9 Å².